The molecule has 0 aromatic rings. The zero-order valence-corrected chi connectivity index (χ0v) is 11.3. The van der Waals surface area contributed by atoms with Gasteiger partial charge in [0.05, 0.1) is 12.7 Å². The van der Waals surface area contributed by atoms with Gasteiger partial charge in [0.2, 0.25) is 0 Å². The van der Waals surface area contributed by atoms with Crippen LogP contribution in [0.4, 0.5) is 0 Å². The van der Waals surface area contributed by atoms with Crippen LogP contribution in [-0.4, -0.2) is 41.8 Å². The second-order valence-electron chi connectivity index (χ2n) is 6.28. The third-order valence-electron chi connectivity index (χ3n) is 3.82. The van der Waals surface area contributed by atoms with Gasteiger partial charge < -0.3 is 18.9 Å². The summed E-state index contributed by atoms with van der Waals surface area (Å²) in [6.07, 6.45) is 0.728. The highest BCUT2D eigenvalue weighted by molar-refractivity contribution is 5.93. The zero-order valence-electron chi connectivity index (χ0n) is 11.3. The molecule has 0 N–H and O–H groups in total. The molecule has 0 aromatic carbocycles. The van der Waals surface area contributed by atoms with Gasteiger partial charge in [0.1, 0.15) is 6.10 Å². The van der Waals surface area contributed by atoms with Crippen molar-refractivity contribution in [1.82, 2.24) is 0 Å². The predicted octanol–water partition coefficient (Wildman–Crippen LogP) is 1.39. The van der Waals surface area contributed by atoms with E-state index in [2.05, 4.69) is 0 Å². The molecule has 3 fully saturated rings. The fourth-order valence-corrected chi connectivity index (χ4v) is 3.09. The molecular formula is C13H20O5. The molecule has 0 bridgehead atoms. The van der Waals surface area contributed by atoms with Gasteiger partial charge in [-0.1, -0.05) is 0 Å². The van der Waals surface area contributed by atoms with E-state index in [0.717, 1.165) is 6.42 Å². The maximum absolute atomic E-state index is 12.6. The maximum Gasteiger partial charge on any atom is 0.198 e. The molecule has 1 aliphatic carbocycles. The lowest BCUT2D eigenvalue weighted by molar-refractivity contribution is -0.185. The van der Waals surface area contributed by atoms with Gasteiger partial charge in [0.25, 0.3) is 0 Å². The number of carbonyl (C=O) groups is 1. The Hall–Kier alpha value is -0.490. The quantitative estimate of drug-likeness (QED) is 0.655. The van der Waals surface area contributed by atoms with Crippen molar-refractivity contribution in [3.63, 3.8) is 0 Å². The molecule has 1 spiro atoms. The van der Waals surface area contributed by atoms with E-state index in [9.17, 15) is 4.79 Å². The fraction of sp³-hybridized carbons (Fsp3) is 0.923. The lowest BCUT2D eigenvalue weighted by atomic mass is 9.81. The first-order valence-electron chi connectivity index (χ1n) is 6.47. The highest BCUT2D eigenvalue weighted by Crippen LogP contribution is 2.44. The van der Waals surface area contributed by atoms with E-state index in [0.29, 0.717) is 13.0 Å². The molecule has 2 heterocycles. The lowest BCUT2D eigenvalue weighted by Crippen LogP contribution is -2.55. The molecule has 2 saturated heterocycles. The molecule has 0 aromatic heterocycles. The Kier molecular flexibility index (Phi) is 2.46. The third kappa shape index (κ3) is 1.81. The Morgan fingerprint density at radius 2 is 1.83 bits per heavy atom. The van der Waals surface area contributed by atoms with Crippen molar-refractivity contribution in [3.8, 4) is 0 Å². The monoisotopic (exact) mass is 256 g/mol. The maximum atomic E-state index is 12.6. The minimum Gasteiger partial charge on any atom is -0.347 e. The van der Waals surface area contributed by atoms with Gasteiger partial charge >= 0.3 is 0 Å². The van der Waals surface area contributed by atoms with Gasteiger partial charge in [0.15, 0.2) is 23.0 Å². The number of hydrogen-bond donors (Lipinski definition) is 0. The summed E-state index contributed by atoms with van der Waals surface area (Å²) in [5, 5.41) is 0. The molecule has 18 heavy (non-hydrogen) atoms. The van der Waals surface area contributed by atoms with Crippen LogP contribution in [0.3, 0.4) is 0 Å². The predicted molar refractivity (Wildman–Crippen MR) is 61.9 cm³/mol. The summed E-state index contributed by atoms with van der Waals surface area (Å²) in [6.45, 7) is 7.64. The van der Waals surface area contributed by atoms with Crippen molar-refractivity contribution in [2.24, 2.45) is 0 Å². The van der Waals surface area contributed by atoms with E-state index in [1.807, 2.05) is 27.7 Å². The molecule has 1 unspecified atom stereocenters. The van der Waals surface area contributed by atoms with E-state index in [1.54, 1.807) is 0 Å². The van der Waals surface area contributed by atoms with Crippen LogP contribution in [0.15, 0.2) is 0 Å². The SMILES string of the molecule is CC1(C)OC2C(=O)[C@]3(CC[C@H]2O1)COC(C)(C)O3. The molecule has 5 nitrogen and oxygen atoms in total. The summed E-state index contributed by atoms with van der Waals surface area (Å²) >= 11 is 0. The van der Waals surface area contributed by atoms with Crippen molar-refractivity contribution in [3.05, 3.63) is 0 Å². The van der Waals surface area contributed by atoms with Crippen molar-refractivity contribution >= 4 is 5.78 Å². The normalized spacial score (nSPS) is 45.4. The Bertz CT molecular complexity index is 387. The summed E-state index contributed by atoms with van der Waals surface area (Å²) in [5.74, 6) is -1.42. The number of ether oxygens (including phenoxy) is 4. The molecule has 102 valence electrons. The molecule has 3 atom stereocenters. The van der Waals surface area contributed by atoms with Gasteiger partial charge in [-0.2, -0.15) is 0 Å². The minimum absolute atomic E-state index is 0.0325. The number of rotatable bonds is 0. The molecular weight excluding hydrogens is 236 g/mol. The molecule has 5 heteroatoms. The average Bonchev–Trinajstić information content (AvgIpc) is 2.71. The van der Waals surface area contributed by atoms with E-state index < -0.39 is 23.3 Å². The van der Waals surface area contributed by atoms with Crippen molar-refractivity contribution < 1.29 is 23.7 Å². The number of ketones is 1. The Morgan fingerprint density at radius 3 is 2.44 bits per heavy atom. The number of fused-ring (bicyclic) bond motifs is 1. The van der Waals surface area contributed by atoms with Gasteiger partial charge in [-0.25, -0.2) is 0 Å². The van der Waals surface area contributed by atoms with Crippen molar-refractivity contribution in [2.75, 3.05) is 6.61 Å². The van der Waals surface area contributed by atoms with Crippen LogP contribution in [0.5, 0.6) is 0 Å². The molecule has 3 aliphatic rings. The molecule has 3 rings (SSSR count). The van der Waals surface area contributed by atoms with E-state index >= 15 is 0 Å². The van der Waals surface area contributed by atoms with E-state index in [4.69, 9.17) is 18.9 Å². The summed E-state index contributed by atoms with van der Waals surface area (Å²) < 4.78 is 22.9. The first-order chi connectivity index (χ1) is 8.23. The Morgan fingerprint density at radius 1 is 1.11 bits per heavy atom. The van der Waals surface area contributed by atoms with Crippen LogP contribution in [0.1, 0.15) is 40.5 Å². The second kappa shape index (κ2) is 3.54. The largest absolute Gasteiger partial charge is 0.347 e. The van der Waals surface area contributed by atoms with Crippen LogP contribution in [0.25, 0.3) is 0 Å². The van der Waals surface area contributed by atoms with E-state index in [1.165, 1.54) is 0 Å². The fourth-order valence-electron chi connectivity index (χ4n) is 3.09. The van der Waals surface area contributed by atoms with Crippen LogP contribution < -0.4 is 0 Å². The van der Waals surface area contributed by atoms with Gasteiger partial charge in [0, 0.05) is 0 Å². The standard InChI is InChI=1S/C13H20O5/c1-11(2)15-7-13(18-11)6-5-8-9(10(13)14)17-12(3,4)16-8/h8-9H,5-7H2,1-4H3/t8-,9?,13+/m1/s1. The summed E-state index contributed by atoms with van der Waals surface area (Å²) in [4.78, 5) is 12.6. The molecule has 0 amide bonds. The number of carbonyl (C=O) groups excluding carboxylic acids is 1. The van der Waals surface area contributed by atoms with Crippen molar-refractivity contribution in [1.29, 1.82) is 0 Å². The topological polar surface area (TPSA) is 54.0 Å². The molecule has 2 aliphatic heterocycles. The first-order valence-corrected chi connectivity index (χ1v) is 6.47. The summed E-state index contributed by atoms with van der Waals surface area (Å²) in [5.41, 5.74) is -0.839. The Balaban J connectivity index is 1.84. The van der Waals surface area contributed by atoms with Gasteiger partial charge in [-0.05, 0) is 40.5 Å². The molecule has 1 saturated carbocycles. The van der Waals surface area contributed by atoms with Crippen LogP contribution in [-0.2, 0) is 23.7 Å². The van der Waals surface area contributed by atoms with Crippen molar-refractivity contribution in [2.45, 2.75) is 69.9 Å². The third-order valence-corrected chi connectivity index (χ3v) is 3.82. The van der Waals surface area contributed by atoms with Crippen LogP contribution in [0.2, 0.25) is 0 Å². The lowest BCUT2D eigenvalue weighted by Gasteiger charge is -2.35. The Labute approximate surface area is 107 Å². The van der Waals surface area contributed by atoms with Crippen LogP contribution >= 0.6 is 0 Å². The number of Topliss-reactive ketones (excluding diaryl/α,β-unsaturated/α-hetero) is 1. The van der Waals surface area contributed by atoms with Crippen LogP contribution in [0, 0.1) is 0 Å². The second-order valence-corrected chi connectivity index (χ2v) is 6.28. The summed E-state index contributed by atoms with van der Waals surface area (Å²) in [6, 6.07) is 0. The first kappa shape index (κ1) is 12.5. The molecule has 0 radical (unpaired) electrons. The highest BCUT2D eigenvalue weighted by Gasteiger charge is 2.60. The zero-order chi connectivity index (χ0) is 13.2. The number of hydrogen-bond acceptors (Lipinski definition) is 5. The van der Waals surface area contributed by atoms with Gasteiger partial charge in [-0.3, -0.25) is 4.79 Å². The van der Waals surface area contributed by atoms with E-state index in [-0.39, 0.29) is 11.9 Å². The smallest absolute Gasteiger partial charge is 0.198 e. The minimum atomic E-state index is -0.839. The summed E-state index contributed by atoms with van der Waals surface area (Å²) in [7, 11) is 0. The average molecular weight is 256 g/mol. The highest BCUT2D eigenvalue weighted by atomic mass is 16.8. The van der Waals surface area contributed by atoms with Gasteiger partial charge in [-0.15, -0.1) is 0 Å².